The summed E-state index contributed by atoms with van der Waals surface area (Å²) < 4.78 is 9.57. The van der Waals surface area contributed by atoms with Gasteiger partial charge in [-0.15, -0.1) is 0 Å². The van der Waals surface area contributed by atoms with E-state index >= 15 is 0 Å². The molecule has 4 heteroatoms. The number of hydrogen-bond donors (Lipinski definition) is 0. The summed E-state index contributed by atoms with van der Waals surface area (Å²) in [6, 6.07) is 0. The Morgan fingerprint density at radius 1 is 1.12 bits per heavy atom. The lowest BCUT2D eigenvalue weighted by molar-refractivity contribution is 0.314. The SMILES string of the molecule is CC(C)[Si](OC/C(Br)=C/I)(C(C)C)C(C)C. The Morgan fingerprint density at radius 3 is 1.75 bits per heavy atom. The molecule has 0 aliphatic rings. The lowest BCUT2D eigenvalue weighted by atomic mass is 10.5. The van der Waals surface area contributed by atoms with E-state index in [0.29, 0.717) is 16.6 Å². The van der Waals surface area contributed by atoms with Crippen molar-refractivity contribution in [3.63, 3.8) is 0 Å². The maximum absolute atomic E-state index is 6.39. The first-order valence-electron chi connectivity index (χ1n) is 5.87. The first-order chi connectivity index (χ1) is 7.28. The monoisotopic (exact) mass is 418 g/mol. The van der Waals surface area contributed by atoms with Gasteiger partial charge in [-0.05, 0) is 20.7 Å². The molecule has 0 fully saturated rings. The van der Waals surface area contributed by atoms with E-state index in [0.717, 1.165) is 11.1 Å². The van der Waals surface area contributed by atoms with E-state index in [4.69, 9.17) is 4.43 Å². The molecule has 0 aromatic rings. The van der Waals surface area contributed by atoms with E-state index in [-0.39, 0.29) is 0 Å². The van der Waals surface area contributed by atoms with Gasteiger partial charge in [-0.2, -0.15) is 0 Å². The summed E-state index contributed by atoms with van der Waals surface area (Å²) in [5.74, 6) is 0. The zero-order valence-corrected chi connectivity index (χ0v) is 15.9. The fraction of sp³-hybridized carbons (Fsp3) is 0.833. The normalized spacial score (nSPS) is 14.3. The Bertz CT molecular complexity index is 217. The second-order valence-electron chi connectivity index (χ2n) is 5.16. The highest BCUT2D eigenvalue weighted by molar-refractivity contribution is 14.1. The van der Waals surface area contributed by atoms with E-state index in [2.05, 4.69) is 80.1 Å². The van der Waals surface area contributed by atoms with Gasteiger partial charge in [-0.1, -0.05) is 80.1 Å². The molecular formula is C12H24BrIOSi. The summed E-state index contributed by atoms with van der Waals surface area (Å²) in [6.07, 6.45) is 0. The minimum atomic E-state index is -1.68. The van der Waals surface area contributed by atoms with Crippen LogP contribution in [0, 0.1) is 0 Å². The molecule has 0 aromatic heterocycles. The summed E-state index contributed by atoms with van der Waals surface area (Å²) >= 11 is 5.77. The highest BCUT2D eigenvalue weighted by Gasteiger charge is 2.44. The van der Waals surface area contributed by atoms with Crippen LogP contribution in [0.15, 0.2) is 8.57 Å². The maximum atomic E-state index is 6.39. The van der Waals surface area contributed by atoms with Gasteiger partial charge in [0.15, 0.2) is 0 Å². The molecule has 0 atom stereocenters. The van der Waals surface area contributed by atoms with Gasteiger partial charge in [-0.3, -0.25) is 0 Å². The Morgan fingerprint density at radius 2 is 1.50 bits per heavy atom. The van der Waals surface area contributed by atoms with Crippen molar-refractivity contribution in [1.29, 1.82) is 0 Å². The van der Waals surface area contributed by atoms with Gasteiger partial charge in [0.25, 0.3) is 0 Å². The Kier molecular flexibility index (Phi) is 8.07. The largest absolute Gasteiger partial charge is 0.411 e. The lowest BCUT2D eigenvalue weighted by Gasteiger charge is -2.42. The summed E-state index contributed by atoms with van der Waals surface area (Å²) in [4.78, 5) is 0. The minimum Gasteiger partial charge on any atom is -0.411 e. The fourth-order valence-corrected chi connectivity index (χ4v) is 8.64. The van der Waals surface area contributed by atoms with E-state index in [9.17, 15) is 0 Å². The van der Waals surface area contributed by atoms with Gasteiger partial charge >= 0.3 is 0 Å². The molecular weight excluding hydrogens is 395 g/mol. The molecule has 0 unspecified atom stereocenters. The first kappa shape index (κ1) is 17.1. The topological polar surface area (TPSA) is 9.23 Å². The predicted octanol–water partition coefficient (Wildman–Crippen LogP) is 5.85. The van der Waals surface area contributed by atoms with Gasteiger partial charge in [0.05, 0.1) is 6.61 Å². The van der Waals surface area contributed by atoms with Gasteiger partial charge in [0.2, 0.25) is 8.32 Å². The van der Waals surface area contributed by atoms with Crippen molar-refractivity contribution in [1.82, 2.24) is 0 Å². The van der Waals surface area contributed by atoms with Crippen molar-refractivity contribution in [3.05, 3.63) is 8.57 Å². The van der Waals surface area contributed by atoms with E-state index < -0.39 is 8.32 Å². The van der Waals surface area contributed by atoms with Gasteiger partial charge in [0, 0.05) is 4.48 Å². The third-order valence-electron chi connectivity index (χ3n) is 3.29. The summed E-state index contributed by atoms with van der Waals surface area (Å²) in [7, 11) is -1.68. The fourth-order valence-electron chi connectivity index (χ4n) is 2.73. The lowest BCUT2D eigenvalue weighted by Crippen LogP contribution is -2.48. The molecule has 0 saturated carbocycles. The standard InChI is InChI=1S/C12H24BrIOSi/c1-9(2)16(10(3)4,11(5)6)15-8-12(13)7-14/h7,9-11H,8H2,1-6H3/b12-7-. The predicted molar refractivity (Wildman–Crippen MR) is 88.0 cm³/mol. The van der Waals surface area contributed by atoms with Crippen LogP contribution in [0.2, 0.25) is 16.6 Å². The molecule has 0 bridgehead atoms. The third-order valence-corrected chi connectivity index (χ3v) is 11.4. The minimum absolute atomic E-state index is 0.655. The molecule has 0 spiro atoms. The average molecular weight is 419 g/mol. The average Bonchev–Trinajstić information content (AvgIpc) is 2.16. The van der Waals surface area contributed by atoms with Crippen molar-refractivity contribution < 1.29 is 4.43 Å². The Hall–Kier alpha value is 1.13. The molecule has 0 aliphatic heterocycles. The van der Waals surface area contributed by atoms with E-state index in [1.165, 1.54) is 0 Å². The van der Waals surface area contributed by atoms with Crippen molar-refractivity contribution >= 4 is 46.8 Å². The quantitative estimate of drug-likeness (QED) is 0.388. The van der Waals surface area contributed by atoms with E-state index in [1.807, 2.05) is 4.08 Å². The summed E-state index contributed by atoms with van der Waals surface area (Å²) in [5.41, 5.74) is 1.96. The second kappa shape index (κ2) is 7.54. The molecule has 0 radical (unpaired) electrons. The van der Waals surface area contributed by atoms with Crippen LogP contribution >= 0.6 is 38.5 Å². The second-order valence-corrected chi connectivity index (χ2v) is 12.3. The molecule has 0 N–H and O–H groups in total. The van der Waals surface area contributed by atoms with Crippen LogP contribution in [-0.4, -0.2) is 14.9 Å². The molecule has 0 saturated heterocycles. The Labute approximate surface area is 124 Å². The van der Waals surface area contributed by atoms with Gasteiger partial charge < -0.3 is 4.43 Å². The molecule has 96 valence electrons. The molecule has 1 nitrogen and oxygen atoms in total. The number of rotatable bonds is 6. The van der Waals surface area contributed by atoms with Crippen molar-refractivity contribution in [2.45, 2.75) is 58.2 Å². The van der Waals surface area contributed by atoms with Crippen molar-refractivity contribution in [2.75, 3.05) is 6.61 Å². The molecule has 0 aromatic carbocycles. The van der Waals surface area contributed by atoms with Crippen molar-refractivity contribution in [3.8, 4) is 0 Å². The summed E-state index contributed by atoms with van der Waals surface area (Å²) in [5, 5.41) is 0. The highest BCUT2D eigenvalue weighted by atomic mass is 127. The zero-order valence-electron chi connectivity index (χ0n) is 11.2. The summed E-state index contributed by atoms with van der Waals surface area (Å²) in [6.45, 7) is 14.6. The number of halogens is 2. The van der Waals surface area contributed by atoms with Crippen LogP contribution < -0.4 is 0 Å². The van der Waals surface area contributed by atoms with E-state index in [1.54, 1.807) is 0 Å². The van der Waals surface area contributed by atoms with Gasteiger partial charge in [-0.25, -0.2) is 0 Å². The van der Waals surface area contributed by atoms with Crippen LogP contribution in [0.4, 0.5) is 0 Å². The van der Waals surface area contributed by atoms with Crippen LogP contribution in [-0.2, 0) is 4.43 Å². The number of hydrogen-bond acceptors (Lipinski definition) is 1. The maximum Gasteiger partial charge on any atom is 0.200 e. The smallest absolute Gasteiger partial charge is 0.200 e. The van der Waals surface area contributed by atoms with Crippen LogP contribution in [0.5, 0.6) is 0 Å². The van der Waals surface area contributed by atoms with Crippen LogP contribution in [0.25, 0.3) is 0 Å². The molecule has 0 rings (SSSR count). The first-order valence-corrected chi connectivity index (χ1v) is 10.1. The highest BCUT2D eigenvalue weighted by Crippen LogP contribution is 2.42. The van der Waals surface area contributed by atoms with Crippen molar-refractivity contribution in [2.24, 2.45) is 0 Å². The van der Waals surface area contributed by atoms with Crippen LogP contribution in [0.1, 0.15) is 41.5 Å². The zero-order chi connectivity index (χ0) is 12.9. The molecule has 0 aliphatic carbocycles. The van der Waals surface area contributed by atoms with Crippen LogP contribution in [0.3, 0.4) is 0 Å². The van der Waals surface area contributed by atoms with Gasteiger partial charge in [0.1, 0.15) is 0 Å². The molecule has 0 amide bonds. The molecule has 0 heterocycles. The molecule has 16 heavy (non-hydrogen) atoms. The Balaban J connectivity index is 4.91. The third kappa shape index (κ3) is 4.10.